The largest absolute Gasteiger partial charge is 0.433 e. The van der Waals surface area contributed by atoms with Crippen molar-refractivity contribution in [3.8, 4) is 5.75 Å². The number of alkyl halides is 2. The molecule has 0 spiro atoms. The quantitative estimate of drug-likeness (QED) is 0.868. The lowest BCUT2D eigenvalue weighted by Crippen LogP contribution is -2.16. The van der Waals surface area contributed by atoms with E-state index in [0.717, 1.165) is 5.69 Å². The maximum Gasteiger partial charge on any atom is 0.387 e. The molecule has 0 aliphatic heterocycles. The highest BCUT2D eigenvalue weighted by Crippen LogP contribution is 2.25. The Kier molecular flexibility index (Phi) is 5.54. The third kappa shape index (κ3) is 4.41. The van der Waals surface area contributed by atoms with Crippen LogP contribution in [-0.4, -0.2) is 22.3 Å². The molecule has 0 fully saturated rings. The van der Waals surface area contributed by atoms with Crippen LogP contribution in [-0.2, 0) is 11.3 Å². The number of nitrogens with zero attached hydrogens (tertiary/aromatic N) is 2. The second-order valence-electron chi connectivity index (χ2n) is 4.88. The highest BCUT2D eigenvalue weighted by molar-refractivity contribution is 6.31. The van der Waals surface area contributed by atoms with Gasteiger partial charge in [-0.05, 0) is 26.0 Å². The lowest BCUT2D eigenvalue weighted by atomic mass is 10.2. The third-order valence-electron chi connectivity index (χ3n) is 3.22. The number of benzene rings is 1. The van der Waals surface area contributed by atoms with Gasteiger partial charge in [0.2, 0.25) is 5.91 Å². The van der Waals surface area contributed by atoms with E-state index in [1.165, 1.54) is 12.1 Å². The average molecular weight is 344 g/mol. The van der Waals surface area contributed by atoms with E-state index in [2.05, 4.69) is 15.2 Å². The first-order valence-electron chi connectivity index (χ1n) is 6.91. The number of aromatic nitrogens is 2. The SMILES string of the molecule is Cc1nn(CCC(=O)Nc2ccccc2OC(F)F)c(C)c1Cl. The fraction of sp³-hybridized carbons (Fsp3) is 0.333. The summed E-state index contributed by atoms with van der Waals surface area (Å²) in [6.45, 7) is 0.976. The number of ether oxygens (including phenoxy) is 1. The Bertz CT molecular complexity index is 704. The summed E-state index contributed by atoms with van der Waals surface area (Å²) < 4.78 is 30.7. The Balaban J connectivity index is 1.99. The van der Waals surface area contributed by atoms with Crippen LogP contribution in [0.4, 0.5) is 14.5 Å². The summed E-state index contributed by atoms with van der Waals surface area (Å²) in [5, 5.41) is 7.35. The van der Waals surface area contributed by atoms with E-state index in [-0.39, 0.29) is 23.8 Å². The van der Waals surface area contributed by atoms with Gasteiger partial charge in [0.1, 0.15) is 5.75 Å². The van der Waals surface area contributed by atoms with Crippen LogP contribution >= 0.6 is 11.6 Å². The van der Waals surface area contributed by atoms with Crippen molar-refractivity contribution in [2.24, 2.45) is 0 Å². The van der Waals surface area contributed by atoms with E-state index in [1.807, 2.05) is 6.92 Å². The zero-order valence-electron chi connectivity index (χ0n) is 12.6. The van der Waals surface area contributed by atoms with Crippen molar-refractivity contribution in [3.05, 3.63) is 40.7 Å². The Hall–Kier alpha value is -2.15. The molecule has 1 heterocycles. The van der Waals surface area contributed by atoms with Crippen molar-refractivity contribution >= 4 is 23.2 Å². The molecule has 0 saturated heterocycles. The highest BCUT2D eigenvalue weighted by Gasteiger charge is 2.13. The molecule has 8 heteroatoms. The van der Waals surface area contributed by atoms with E-state index in [9.17, 15) is 13.6 Å². The van der Waals surface area contributed by atoms with E-state index in [4.69, 9.17) is 11.6 Å². The first kappa shape index (κ1) is 17.2. The molecule has 2 rings (SSSR count). The van der Waals surface area contributed by atoms with E-state index in [0.29, 0.717) is 17.3 Å². The molecule has 1 aromatic heterocycles. The maximum atomic E-state index is 12.3. The van der Waals surface area contributed by atoms with Crippen LogP contribution in [0, 0.1) is 13.8 Å². The molecular weight excluding hydrogens is 328 g/mol. The Labute approximate surface area is 137 Å². The van der Waals surface area contributed by atoms with Crippen LogP contribution in [0.3, 0.4) is 0 Å². The second kappa shape index (κ2) is 7.41. The Morgan fingerprint density at radius 1 is 1.39 bits per heavy atom. The van der Waals surface area contributed by atoms with Gasteiger partial charge >= 0.3 is 6.61 Å². The van der Waals surface area contributed by atoms with Crippen LogP contribution < -0.4 is 10.1 Å². The van der Waals surface area contributed by atoms with Crippen molar-refractivity contribution in [1.82, 2.24) is 9.78 Å². The zero-order chi connectivity index (χ0) is 17.0. The van der Waals surface area contributed by atoms with Gasteiger partial charge in [0.05, 0.1) is 28.6 Å². The van der Waals surface area contributed by atoms with Crippen LogP contribution in [0.15, 0.2) is 24.3 Å². The summed E-state index contributed by atoms with van der Waals surface area (Å²) in [7, 11) is 0. The van der Waals surface area contributed by atoms with Crippen LogP contribution in [0.2, 0.25) is 5.02 Å². The molecule has 0 aliphatic carbocycles. The topological polar surface area (TPSA) is 56.2 Å². The number of para-hydroxylation sites is 2. The summed E-state index contributed by atoms with van der Waals surface area (Å²) >= 11 is 6.04. The molecule has 0 atom stereocenters. The minimum atomic E-state index is -2.95. The summed E-state index contributed by atoms with van der Waals surface area (Å²) in [5.41, 5.74) is 1.67. The van der Waals surface area contributed by atoms with Gasteiger partial charge in [-0.2, -0.15) is 13.9 Å². The highest BCUT2D eigenvalue weighted by atomic mass is 35.5. The van der Waals surface area contributed by atoms with Crippen molar-refractivity contribution < 1.29 is 18.3 Å². The molecule has 1 aromatic carbocycles. The first-order valence-corrected chi connectivity index (χ1v) is 7.29. The number of anilines is 1. The van der Waals surface area contributed by atoms with Crippen LogP contribution in [0.1, 0.15) is 17.8 Å². The fourth-order valence-electron chi connectivity index (χ4n) is 2.08. The Morgan fingerprint density at radius 3 is 2.70 bits per heavy atom. The van der Waals surface area contributed by atoms with Gasteiger partial charge in [-0.3, -0.25) is 9.48 Å². The van der Waals surface area contributed by atoms with Crippen molar-refractivity contribution in [1.29, 1.82) is 0 Å². The molecule has 1 N–H and O–H groups in total. The predicted octanol–water partition coefficient (Wildman–Crippen LogP) is 3.78. The number of nitrogens with one attached hydrogen (secondary N) is 1. The normalized spacial score (nSPS) is 10.9. The minimum Gasteiger partial charge on any atom is -0.433 e. The lowest BCUT2D eigenvalue weighted by Gasteiger charge is -2.11. The number of amides is 1. The lowest BCUT2D eigenvalue weighted by molar-refractivity contribution is -0.116. The zero-order valence-corrected chi connectivity index (χ0v) is 13.4. The summed E-state index contributed by atoms with van der Waals surface area (Å²) in [6.07, 6.45) is 0.126. The smallest absolute Gasteiger partial charge is 0.387 e. The summed E-state index contributed by atoms with van der Waals surface area (Å²) in [5.74, 6) is -0.413. The molecule has 124 valence electrons. The molecule has 23 heavy (non-hydrogen) atoms. The number of hydrogen-bond donors (Lipinski definition) is 1. The van der Waals surface area contributed by atoms with Crippen LogP contribution in [0.5, 0.6) is 5.75 Å². The molecule has 1 amide bonds. The number of rotatable bonds is 6. The maximum absolute atomic E-state index is 12.3. The first-order chi connectivity index (χ1) is 10.9. The van der Waals surface area contributed by atoms with E-state index >= 15 is 0 Å². The van der Waals surface area contributed by atoms with Gasteiger partial charge in [-0.15, -0.1) is 0 Å². The summed E-state index contributed by atoms with van der Waals surface area (Å²) in [6, 6.07) is 6.03. The number of carbonyl (C=O) groups excluding carboxylic acids is 1. The number of hydrogen-bond acceptors (Lipinski definition) is 3. The van der Waals surface area contributed by atoms with Gasteiger partial charge in [-0.25, -0.2) is 0 Å². The van der Waals surface area contributed by atoms with E-state index in [1.54, 1.807) is 23.7 Å². The molecule has 0 radical (unpaired) electrons. The molecule has 0 bridgehead atoms. The van der Waals surface area contributed by atoms with Crippen molar-refractivity contribution in [2.45, 2.75) is 33.4 Å². The molecule has 0 aliphatic rings. The van der Waals surface area contributed by atoms with Crippen LogP contribution in [0.25, 0.3) is 0 Å². The monoisotopic (exact) mass is 343 g/mol. The Morgan fingerprint density at radius 2 is 2.09 bits per heavy atom. The van der Waals surface area contributed by atoms with Gasteiger partial charge in [-0.1, -0.05) is 23.7 Å². The van der Waals surface area contributed by atoms with Crippen molar-refractivity contribution in [2.75, 3.05) is 5.32 Å². The molecule has 5 nitrogen and oxygen atoms in total. The molecule has 0 saturated carbocycles. The predicted molar refractivity (Wildman–Crippen MR) is 83.0 cm³/mol. The molecule has 0 unspecified atom stereocenters. The van der Waals surface area contributed by atoms with Gasteiger partial charge in [0.15, 0.2) is 0 Å². The second-order valence-corrected chi connectivity index (χ2v) is 5.26. The molecular formula is C15H16ClF2N3O2. The fourth-order valence-corrected chi connectivity index (χ4v) is 2.22. The molecule has 2 aromatic rings. The van der Waals surface area contributed by atoms with Gasteiger partial charge in [0.25, 0.3) is 0 Å². The number of carbonyl (C=O) groups is 1. The average Bonchev–Trinajstić information content (AvgIpc) is 2.74. The van der Waals surface area contributed by atoms with Crippen molar-refractivity contribution in [3.63, 3.8) is 0 Å². The van der Waals surface area contributed by atoms with E-state index < -0.39 is 6.61 Å². The third-order valence-corrected chi connectivity index (χ3v) is 3.77. The van der Waals surface area contributed by atoms with Gasteiger partial charge in [0, 0.05) is 6.42 Å². The number of aryl methyl sites for hydroxylation is 2. The summed E-state index contributed by atoms with van der Waals surface area (Å²) in [4.78, 5) is 12.0. The number of halogens is 3. The standard InChI is InChI=1S/C15H16ClF2N3O2/c1-9-14(16)10(2)21(20-9)8-7-13(22)19-11-5-3-4-6-12(11)23-15(17)18/h3-6,15H,7-8H2,1-2H3,(H,19,22). The van der Waals surface area contributed by atoms with Gasteiger partial charge < -0.3 is 10.1 Å². The minimum absolute atomic E-state index is 0.0787.